The van der Waals surface area contributed by atoms with Gasteiger partial charge in [0, 0.05) is 36.2 Å². The zero-order valence-corrected chi connectivity index (χ0v) is 30.8. The van der Waals surface area contributed by atoms with E-state index in [9.17, 15) is 24.9 Å². The van der Waals surface area contributed by atoms with Gasteiger partial charge in [-0.3, -0.25) is 4.79 Å². The first-order valence-electron chi connectivity index (χ1n) is 17.7. The van der Waals surface area contributed by atoms with Gasteiger partial charge in [-0.15, -0.1) is 0 Å². The maximum Gasteiger partial charge on any atom is 0.331 e. The van der Waals surface area contributed by atoms with Crippen LogP contribution in [0.2, 0.25) is 0 Å². The van der Waals surface area contributed by atoms with E-state index in [1.807, 2.05) is 66.7 Å². The summed E-state index contributed by atoms with van der Waals surface area (Å²) >= 11 is 0. The SMILES string of the molecule is C=CC=CC(C)C1OC(=O)C=CC=CC(C)C(O)CC(OC(=O)C(C)(C)CC(C)C)C=CC(C)C(O)C(C)CC(C)CCC(O)C1C. The van der Waals surface area contributed by atoms with Crippen LogP contribution in [-0.4, -0.2) is 57.8 Å². The second-order valence-electron chi connectivity index (χ2n) is 15.3. The maximum absolute atomic E-state index is 13.2. The minimum absolute atomic E-state index is 0.0108. The van der Waals surface area contributed by atoms with E-state index >= 15 is 0 Å². The minimum Gasteiger partial charge on any atom is -0.458 e. The molecule has 1 aliphatic heterocycles. The van der Waals surface area contributed by atoms with Crippen molar-refractivity contribution < 1.29 is 34.4 Å². The van der Waals surface area contributed by atoms with Crippen molar-refractivity contribution in [1.29, 1.82) is 0 Å². The summed E-state index contributed by atoms with van der Waals surface area (Å²) in [6.45, 7) is 23.5. The van der Waals surface area contributed by atoms with E-state index in [4.69, 9.17) is 9.47 Å². The number of allylic oxidation sites excluding steroid dienone is 4. The highest BCUT2D eigenvalue weighted by molar-refractivity contribution is 5.82. The largest absolute Gasteiger partial charge is 0.458 e. The molecule has 3 N–H and O–H groups in total. The fraction of sp³-hybridized carbons (Fsp3) is 0.700. The van der Waals surface area contributed by atoms with Gasteiger partial charge >= 0.3 is 11.9 Å². The van der Waals surface area contributed by atoms with Gasteiger partial charge in [0.25, 0.3) is 0 Å². The first-order chi connectivity index (χ1) is 21.9. The molecule has 0 aromatic rings. The zero-order chi connectivity index (χ0) is 35.9. The monoisotopic (exact) mass is 658 g/mol. The van der Waals surface area contributed by atoms with Crippen molar-refractivity contribution in [2.45, 2.75) is 132 Å². The number of esters is 2. The molecular weight excluding hydrogens is 592 g/mol. The summed E-state index contributed by atoms with van der Waals surface area (Å²) < 4.78 is 11.9. The van der Waals surface area contributed by atoms with Crippen molar-refractivity contribution >= 4 is 11.9 Å². The molecule has 0 radical (unpaired) electrons. The lowest BCUT2D eigenvalue weighted by Gasteiger charge is -2.31. The normalized spacial score (nSPS) is 33.5. The summed E-state index contributed by atoms with van der Waals surface area (Å²) in [5.41, 5.74) is -0.682. The van der Waals surface area contributed by atoms with Gasteiger partial charge in [0.05, 0.1) is 23.7 Å². The van der Waals surface area contributed by atoms with Crippen molar-refractivity contribution in [3.05, 3.63) is 61.3 Å². The van der Waals surface area contributed by atoms with Gasteiger partial charge in [0.1, 0.15) is 12.2 Å². The number of carbonyl (C=O) groups excluding carboxylic acids is 2. The summed E-state index contributed by atoms with van der Waals surface area (Å²) in [4.78, 5) is 26.1. The Kier molecular flexibility index (Phi) is 18.8. The third-order valence-electron chi connectivity index (χ3n) is 9.50. The molecule has 0 fully saturated rings. The average molecular weight is 659 g/mol. The Labute approximate surface area is 285 Å². The van der Waals surface area contributed by atoms with Crippen molar-refractivity contribution in [2.24, 2.45) is 46.8 Å². The van der Waals surface area contributed by atoms with Crippen LogP contribution in [0.25, 0.3) is 0 Å². The van der Waals surface area contributed by atoms with E-state index < -0.39 is 41.9 Å². The molecule has 1 rings (SSSR count). The second-order valence-corrected chi connectivity index (χ2v) is 15.3. The van der Waals surface area contributed by atoms with E-state index in [0.29, 0.717) is 18.8 Å². The van der Waals surface area contributed by atoms with E-state index in [1.54, 1.807) is 30.4 Å². The van der Waals surface area contributed by atoms with Crippen LogP contribution in [0.3, 0.4) is 0 Å². The summed E-state index contributed by atoms with van der Waals surface area (Å²) in [7, 11) is 0. The first kappa shape index (κ1) is 42.5. The first-order valence-corrected chi connectivity index (χ1v) is 17.7. The van der Waals surface area contributed by atoms with Crippen LogP contribution in [0.5, 0.6) is 0 Å². The number of cyclic esters (lactones) is 1. The summed E-state index contributed by atoms with van der Waals surface area (Å²) in [5, 5.41) is 33.5. The minimum atomic E-state index is -0.829. The van der Waals surface area contributed by atoms with Crippen molar-refractivity contribution in [2.75, 3.05) is 0 Å². The van der Waals surface area contributed by atoms with Gasteiger partial charge < -0.3 is 24.8 Å². The number of carbonyl (C=O) groups is 2. The molecule has 0 saturated carbocycles. The van der Waals surface area contributed by atoms with Crippen LogP contribution in [0, 0.1) is 46.8 Å². The highest BCUT2D eigenvalue weighted by Gasteiger charge is 2.33. The number of hydrogen-bond donors (Lipinski definition) is 3. The number of ether oxygens (including phenoxy) is 2. The van der Waals surface area contributed by atoms with Crippen LogP contribution < -0.4 is 0 Å². The molecule has 11 unspecified atom stereocenters. The third-order valence-corrected chi connectivity index (χ3v) is 9.50. The number of hydrogen-bond acceptors (Lipinski definition) is 7. The number of aliphatic hydroxyl groups excluding tert-OH is 3. The Balaban J connectivity index is 3.37. The fourth-order valence-electron chi connectivity index (χ4n) is 6.51. The average Bonchev–Trinajstić information content (AvgIpc) is 2.99. The van der Waals surface area contributed by atoms with Crippen molar-refractivity contribution in [3.63, 3.8) is 0 Å². The quantitative estimate of drug-likeness (QED) is 0.146. The van der Waals surface area contributed by atoms with Gasteiger partial charge in [-0.05, 0) is 63.4 Å². The van der Waals surface area contributed by atoms with E-state index in [1.165, 1.54) is 6.08 Å². The molecule has 0 aromatic heterocycles. The highest BCUT2D eigenvalue weighted by Crippen LogP contribution is 2.30. The Morgan fingerprint density at radius 2 is 1.64 bits per heavy atom. The predicted octanol–water partition coefficient (Wildman–Crippen LogP) is 7.77. The van der Waals surface area contributed by atoms with Gasteiger partial charge in [-0.1, -0.05) is 105 Å². The molecule has 11 atom stereocenters. The Morgan fingerprint density at radius 3 is 2.26 bits per heavy atom. The molecule has 7 heteroatoms. The molecule has 0 aromatic carbocycles. The molecule has 0 bridgehead atoms. The molecule has 7 nitrogen and oxygen atoms in total. The molecule has 47 heavy (non-hydrogen) atoms. The summed E-state index contributed by atoms with van der Waals surface area (Å²) in [5.74, 6) is -1.24. The lowest BCUT2D eigenvalue weighted by molar-refractivity contribution is -0.159. The zero-order valence-electron chi connectivity index (χ0n) is 30.8. The van der Waals surface area contributed by atoms with Gasteiger partial charge in [-0.2, -0.15) is 0 Å². The molecule has 268 valence electrons. The molecule has 0 spiro atoms. The van der Waals surface area contributed by atoms with E-state index in [-0.39, 0.29) is 47.9 Å². The fourth-order valence-corrected chi connectivity index (χ4v) is 6.51. The Bertz CT molecular complexity index is 1070. The lowest BCUT2D eigenvalue weighted by atomic mass is 9.82. The topological polar surface area (TPSA) is 113 Å². The molecule has 0 saturated heterocycles. The van der Waals surface area contributed by atoms with Crippen LogP contribution >= 0.6 is 0 Å². The Morgan fingerprint density at radius 1 is 0.979 bits per heavy atom. The number of aliphatic hydroxyl groups is 3. The van der Waals surface area contributed by atoms with Crippen LogP contribution in [0.4, 0.5) is 0 Å². The number of rotatable bonds is 7. The Hall–Kier alpha value is -2.48. The predicted molar refractivity (Wildman–Crippen MR) is 191 cm³/mol. The molecular formula is C40H66O7. The summed E-state index contributed by atoms with van der Waals surface area (Å²) in [6, 6.07) is 0. The van der Waals surface area contributed by atoms with E-state index in [0.717, 1.165) is 12.8 Å². The van der Waals surface area contributed by atoms with Crippen molar-refractivity contribution in [3.8, 4) is 0 Å². The van der Waals surface area contributed by atoms with Gasteiger partial charge in [-0.25, -0.2) is 4.79 Å². The highest BCUT2D eigenvalue weighted by atomic mass is 16.5. The summed E-state index contributed by atoms with van der Waals surface area (Å²) in [6.07, 6.45) is 15.1. The smallest absolute Gasteiger partial charge is 0.331 e. The maximum atomic E-state index is 13.2. The molecule has 0 aliphatic carbocycles. The second kappa shape index (κ2) is 20.8. The van der Waals surface area contributed by atoms with Gasteiger partial charge in [0.15, 0.2) is 0 Å². The van der Waals surface area contributed by atoms with Crippen molar-refractivity contribution in [1.82, 2.24) is 0 Å². The third kappa shape index (κ3) is 15.5. The van der Waals surface area contributed by atoms with Crippen LogP contribution in [0.1, 0.15) is 101 Å². The molecule has 0 amide bonds. The van der Waals surface area contributed by atoms with E-state index in [2.05, 4.69) is 27.4 Å². The van der Waals surface area contributed by atoms with Crippen LogP contribution in [-0.2, 0) is 19.1 Å². The lowest BCUT2D eigenvalue weighted by Crippen LogP contribution is -2.37. The standard InChI is InChI=1S/C40H66O7/c1-12-13-16-30(7)38-32(9)34(41)22-19-27(4)23-31(8)37(44)29(6)20-21-33(46-39(45)40(10,11)25-26(2)3)24-35(42)28(5)17-14-15-18-36(43)47-38/h12-18,20-21,26-35,37-38,41-42,44H,1,19,22-25H2,2-11H3. The molecule has 1 heterocycles. The van der Waals surface area contributed by atoms with Gasteiger partial charge in [0.2, 0.25) is 0 Å². The van der Waals surface area contributed by atoms with Crippen LogP contribution in [0.15, 0.2) is 61.3 Å². The molecule has 1 aliphatic rings.